The molecule has 5 nitrogen and oxygen atoms in total. The van der Waals surface area contributed by atoms with Crippen LogP contribution in [0.2, 0.25) is 0 Å². The molecule has 1 aromatic rings. The monoisotopic (exact) mass is 292 g/mol. The Morgan fingerprint density at radius 3 is 2.38 bits per heavy atom. The van der Waals surface area contributed by atoms with Gasteiger partial charge in [-0.25, -0.2) is 0 Å². The van der Waals surface area contributed by atoms with Crippen molar-refractivity contribution in [2.24, 2.45) is 0 Å². The number of rotatable bonds is 6. The second-order valence-corrected chi connectivity index (χ2v) is 5.76. The van der Waals surface area contributed by atoms with Crippen LogP contribution in [-0.4, -0.2) is 64.7 Å². The summed E-state index contributed by atoms with van der Waals surface area (Å²) in [5.41, 5.74) is 1.24. The molecular weight excluding hydrogens is 268 g/mol. The van der Waals surface area contributed by atoms with Gasteiger partial charge in [-0.05, 0) is 37.5 Å². The van der Waals surface area contributed by atoms with E-state index in [0.717, 1.165) is 39.0 Å². The fourth-order valence-corrected chi connectivity index (χ4v) is 2.77. The second-order valence-electron chi connectivity index (χ2n) is 5.76. The van der Waals surface area contributed by atoms with Gasteiger partial charge in [-0.15, -0.1) is 0 Å². The standard InChI is InChI=1S/C16H24N2O3/c1-13(2-3-14-4-6-15(19)7-5-14)18-10-8-17(9-11-18)12-16(20)21/h4-7,13,19H,2-3,8-12H2,1H3,(H,20,21). The number of aryl methyl sites for hydroxylation is 1. The largest absolute Gasteiger partial charge is 0.508 e. The molecule has 0 bridgehead atoms. The van der Waals surface area contributed by atoms with Crippen molar-refractivity contribution in [2.45, 2.75) is 25.8 Å². The number of carboxylic acids is 1. The third-order valence-electron chi connectivity index (χ3n) is 4.18. The Morgan fingerprint density at radius 2 is 1.81 bits per heavy atom. The molecule has 1 saturated heterocycles. The molecule has 5 heteroatoms. The number of hydrogen-bond donors (Lipinski definition) is 2. The van der Waals surface area contributed by atoms with Crippen LogP contribution in [0.15, 0.2) is 24.3 Å². The van der Waals surface area contributed by atoms with Gasteiger partial charge in [0.15, 0.2) is 0 Å². The number of piperazine rings is 1. The quantitative estimate of drug-likeness (QED) is 0.830. The van der Waals surface area contributed by atoms with Crippen LogP contribution in [0.25, 0.3) is 0 Å². The van der Waals surface area contributed by atoms with Crippen LogP contribution in [0.4, 0.5) is 0 Å². The molecule has 1 fully saturated rings. The predicted molar refractivity (Wildman–Crippen MR) is 81.5 cm³/mol. The third kappa shape index (κ3) is 5.02. The van der Waals surface area contributed by atoms with E-state index in [1.807, 2.05) is 17.0 Å². The Kier molecular flexibility index (Phi) is 5.59. The van der Waals surface area contributed by atoms with Gasteiger partial charge >= 0.3 is 5.97 Å². The molecule has 0 amide bonds. The van der Waals surface area contributed by atoms with Gasteiger partial charge in [-0.2, -0.15) is 0 Å². The number of carbonyl (C=O) groups is 1. The predicted octanol–water partition coefficient (Wildman–Crippen LogP) is 1.42. The highest BCUT2D eigenvalue weighted by Gasteiger charge is 2.21. The number of phenols is 1. The maximum Gasteiger partial charge on any atom is 0.317 e. The lowest BCUT2D eigenvalue weighted by molar-refractivity contribution is -0.138. The van der Waals surface area contributed by atoms with Gasteiger partial charge in [-0.1, -0.05) is 12.1 Å². The molecule has 1 aromatic carbocycles. The Balaban J connectivity index is 1.73. The van der Waals surface area contributed by atoms with Crippen molar-refractivity contribution in [3.8, 4) is 5.75 Å². The van der Waals surface area contributed by atoms with Crippen LogP contribution in [0, 0.1) is 0 Å². The molecule has 2 N–H and O–H groups in total. The molecule has 0 aliphatic carbocycles. The number of nitrogens with zero attached hydrogens (tertiary/aromatic N) is 2. The molecule has 1 heterocycles. The first-order chi connectivity index (χ1) is 10.0. The van der Waals surface area contributed by atoms with Gasteiger partial charge in [0.1, 0.15) is 5.75 Å². The fourth-order valence-electron chi connectivity index (χ4n) is 2.77. The van der Waals surface area contributed by atoms with E-state index in [9.17, 15) is 9.90 Å². The Labute approximate surface area is 125 Å². The van der Waals surface area contributed by atoms with Crippen LogP contribution < -0.4 is 0 Å². The topological polar surface area (TPSA) is 64.0 Å². The van der Waals surface area contributed by atoms with Crippen molar-refractivity contribution in [2.75, 3.05) is 32.7 Å². The molecule has 1 aliphatic rings. The highest BCUT2D eigenvalue weighted by atomic mass is 16.4. The number of aromatic hydroxyl groups is 1. The summed E-state index contributed by atoms with van der Waals surface area (Å²) < 4.78 is 0. The average Bonchev–Trinajstić information content (AvgIpc) is 2.46. The van der Waals surface area contributed by atoms with E-state index in [1.165, 1.54) is 5.56 Å². The van der Waals surface area contributed by atoms with Gasteiger partial charge in [0.2, 0.25) is 0 Å². The lowest BCUT2D eigenvalue weighted by atomic mass is 10.0. The van der Waals surface area contributed by atoms with Crippen LogP contribution in [0.5, 0.6) is 5.75 Å². The fraction of sp³-hybridized carbons (Fsp3) is 0.562. The number of carboxylic acid groups (broad SMARTS) is 1. The van der Waals surface area contributed by atoms with E-state index in [0.29, 0.717) is 11.8 Å². The van der Waals surface area contributed by atoms with Crippen LogP contribution in [-0.2, 0) is 11.2 Å². The van der Waals surface area contributed by atoms with Gasteiger partial charge in [0.05, 0.1) is 6.54 Å². The summed E-state index contributed by atoms with van der Waals surface area (Å²) in [5.74, 6) is -0.440. The lowest BCUT2D eigenvalue weighted by Gasteiger charge is -2.37. The molecule has 21 heavy (non-hydrogen) atoms. The van der Waals surface area contributed by atoms with E-state index in [1.54, 1.807) is 12.1 Å². The number of benzene rings is 1. The average molecular weight is 292 g/mol. The molecule has 1 unspecified atom stereocenters. The molecule has 1 atom stereocenters. The maximum absolute atomic E-state index is 10.7. The zero-order valence-corrected chi connectivity index (χ0v) is 12.5. The summed E-state index contributed by atoms with van der Waals surface area (Å²) >= 11 is 0. The Bertz CT molecular complexity index is 453. The SMILES string of the molecule is CC(CCc1ccc(O)cc1)N1CCN(CC(=O)O)CC1. The van der Waals surface area contributed by atoms with Crippen molar-refractivity contribution in [3.05, 3.63) is 29.8 Å². The summed E-state index contributed by atoms with van der Waals surface area (Å²) in [7, 11) is 0. The van der Waals surface area contributed by atoms with Crippen molar-refractivity contribution in [1.29, 1.82) is 0 Å². The van der Waals surface area contributed by atoms with Crippen LogP contribution in [0.3, 0.4) is 0 Å². The normalized spacial score (nSPS) is 18.5. The second kappa shape index (κ2) is 7.43. The van der Waals surface area contributed by atoms with Gasteiger partial charge in [0.25, 0.3) is 0 Å². The number of aliphatic carboxylic acids is 1. The first-order valence-corrected chi connectivity index (χ1v) is 7.50. The zero-order valence-electron chi connectivity index (χ0n) is 12.5. The van der Waals surface area contributed by atoms with Crippen molar-refractivity contribution in [1.82, 2.24) is 9.80 Å². The van der Waals surface area contributed by atoms with E-state index in [-0.39, 0.29) is 6.54 Å². The molecule has 0 aromatic heterocycles. The molecule has 0 radical (unpaired) electrons. The molecule has 116 valence electrons. The summed E-state index contributed by atoms with van der Waals surface area (Å²) in [6, 6.07) is 7.88. The molecule has 0 saturated carbocycles. The maximum atomic E-state index is 10.7. The summed E-state index contributed by atoms with van der Waals surface area (Å²) in [6.45, 7) is 5.91. The minimum atomic E-state index is -0.746. The number of hydrogen-bond acceptors (Lipinski definition) is 4. The van der Waals surface area contributed by atoms with Crippen molar-refractivity contribution < 1.29 is 15.0 Å². The van der Waals surface area contributed by atoms with E-state index in [4.69, 9.17) is 5.11 Å². The highest BCUT2D eigenvalue weighted by molar-refractivity contribution is 5.69. The summed E-state index contributed by atoms with van der Waals surface area (Å²) in [5, 5.41) is 18.1. The summed E-state index contributed by atoms with van der Waals surface area (Å²) in [4.78, 5) is 15.1. The molecular formula is C16H24N2O3. The van der Waals surface area contributed by atoms with Gasteiger partial charge in [-0.3, -0.25) is 14.6 Å². The van der Waals surface area contributed by atoms with E-state index in [2.05, 4.69) is 11.8 Å². The third-order valence-corrected chi connectivity index (χ3v) is 4.18. The van der Waals surface area contributed by atoms with Crippen LogP contribution >= 0.6 is 0 Å². The molecule has 1 aliphatic heterocycles. The lowest BCUT2D eigenvalue weighted by Crippen LogP contribution is -2.50. The minimum Gasteiger partial charge on any atom is -0.508 e. The molecule has 2 rings (SSSR count). The Morgan fingerprint density at radius 1 is 1.19 bits per heavy atom. The van der Waals surface area contributed by atoms with E-state index < -0.39 is 5.97 Å². The summed E-state index contributed by atoms with van der Waals surface area (Å²) in [6.07, 6.45) is 2.07. The van der Waals surface area contributed by atoms with Crippen molar-refractivity contribution in [3.63, 3.8) is 0 Å². The Hall–Kier alpha value is -1.59. The first-order valence-electron chi connectivity index (χ1n) is 7.50. The van der Waals surface area contributed by atoms with Gasteiger partial charge < -0.3 is 10.2 Å². The number of phenolic OH excluding ortho intramolecular Hbond substituents is 1. The van der Waals surface area contributed by atoms with E-state index >= 15 is 0 Å². The smallest absolute Gasteiger partial charge is 0.317 e. The van der Waals surface area contributed by atoms with Crippen molar-refractivity contribution >= 4 is 5.97 Å². The minimum absolute atomic E-state index is 0.149. The first kappa shape index (κ1) is 15.8. The highest BCUT2D eigenvalue weighted by Crippen LogP contribution is 2.15. The molecule has 0 spiro atoms. The van der Waals surface area contributed by atoms with Gasteiger partial charge in [0, 0.05) is 32.2 Å². The van der Waals surface area contributed by atoms with Crippen LogP contribution in [0.1, 0.15) is 18.9 Å². The zero-order chi connectivity index (χ0) is 15.2.